The van der Waals surface area contributed by atoms with E-state index in [1.165, 1.54) is 11.3 Å². The van der Waals surface area contributed by atoms with E-state index in [0.717, 1.165) is 21.2 Å². The fourth-order valence-electron chi connectivity index (χ4n) is 2.97. The van der Waals surface area contributed by atoms with Crippen molar-refractivity contribution in [1.82, 2.24) is 0 Å². The van der Waals surface area contributed by atoms with Gasteiger partial charge in [0.25, 0.3) is 0 Å². The molecule has 0 atom stereocenters. The minimum Gasteiger partial charge on any atom is -0.457 e. The molecule has 7 heteroatoms. The van der Waals surface area contributed by atoms with Crippen molar-refractivity contribution in [3.05, 3.63) is 70.6 Å². The SMILES string of the molecule is CCOP(=O)(CCc1ccc2sc(C(=O)OCc3ccccc3)cc2c1)OCC. The molecule has 0 aliphatic rings. The maximum absolute atomic E-state index is 12.6. The minimum atomic E-state index is -3.07. The number of ether oxygens (including phenoxy) is 1. The van der Waals surface area contributed by atoms with Crippen LogP contribution in [0.1, 0.15) is 34.6 Å². The van der Waals surface area contributed by atoms with Gasteiger partial charge in [0.05, 0.1) is 19.4 Å². The zero-order chi connectivity index (χ0) is 20.7. The van der Waals surface area contributed by atoms with Gasteiger partial charge in [-0.1, -0.05) is 42.5 Å². The number of carbonyl (C=O) groups is 1. The Morgan fingerprint density at radius 3 is 2.38 bits per heavy atom. The maximum Gasteiger partial charge on any atom is 0.348 e. The molecule has 0 saturated heterocycles. The lowest BCUT2D eigenvalue weighted by molar-refractivity contribution is 0.0478. The first kappa shape index (κ1) is 21.7. The van der Waals surface area contributed by atoms with E-state index in [2.05, 4.69) is 0 Å². The summed E-state index contributed by atoms with van der Waals surface area (Å²) in [5, 5.41) is 0.974. The highest BCUT2D eigenvalue weighted by Gasteiger charge is 2.23. The summed E-state index contributed by atoms with van der Waals surface area (Å²) in [5.74, 6) is -0.325. The van der Waals surface area contributed by atoms with Crippen molar-refractivity contribution < 1.29 is 23.1 Å². The predicted octanol–water partition coefficient (Wildman–Crippen LogP) is 6.07. The zero-order valence-corrected chi connectivity index (χ0v) is 18.3. The summed E-state index contributed by atoms with van der Waals surface area (Å²) in [6.07, 6.45) is 0.910. The number of carbonyl (C=O) groups excluding carboxylic acids is 1. The summed E-state index contributed by atoms with van der Waals surface area (Å²) in [4.78, 5) is 13.0. The maximum atomic E-state index is 12.6. The van der Waals surface area contributed by atoms with Crippen LogP contribution in [0.3, 0.4) is 0 Å². The van der Waals surface area contributed by atoms with E-state index in [1.807, 2.05) is 68.4 Å². The van der Waals surface area contributed by atoms with Crippen molar-refractivity contribution in [2.24, 2.45) is 0 Å². The average Bonchev–Trinajstić information content (AvgIpc) is 3.15. The molecule has 0 spiro atoms. The Morgan fingerprint density at radius 2 is 1.69 bits per heavy atom. The largest absolute Gasteiger partial charge is 0.457 e. The lowest BCUT2D eigenvalue weighted by Gasteiger charge is -2.16. The van der Waals surface area contributed by atoms with Gasteiger partial charge in [-0.05, 0) is 48.9 Å². The summed E-state index contributed by atoms with van der Waals surface area (Å²) in [6.45, 7) is 4.58. The molecule has 0 aliphatic carbocycles. The van der Waals surface area contributed by atoms with Crippen LogP contribution < -0.4 is 0 Å². The average molecular weight is 432 g/mol. The molecule has 3 rings (SSSR count). The molecule has 0 aliphatic heterocycles. The normalized spacial score (nSPS) is 11.7. The molecule has 1 aromatic heterocycles. The standard InChI is InChI=1S/C22H25O5PS/c1-3-26-28(24,27-4-2)13-12-17-10-11-20-19(14-17)15-21(29-20)22(23)25-16-18-8-6-5-7-9-18/h5-11,14-15H,3-4,12-13,16H2,1-2H3. The smallest absolute Gasteiger partial charge is 0.348 e. The van der Waals surface area contributed by atoms with Crippen LogP contribution >= 0.6 is 18.9 Å². The van der Waals surface area contributed by atoms with Gasteiger partial charge in [0.2, 0.25) is 0 Å². The second-order valence-electron chi connectivity index (χ2n) is 6.46. The summed E-state index contributed by atoms with van der Waals surface area (Å²) < 4.78 is 29.8. The Bertz CT molecular complexity index is 989. The van der Waals surface area contributed by atoms with Crippen LogP contribution in [0, 0.1) is 0 Å². The topological polar surface area (TPSA) is 61.8 Å². The summed E-state index contributed by atoms with van der Waals surface area (Å²) in [6, 6.07) is 17.4. The van der Waals surface area contributed by atoms with Gasteiger partial charge < -0.3 is 13.8 Å². The molecular formula is C22H25O5PS. The van der Waals surface area contributed by atoms with Crippen molar-refractivity contribution in [2.75, 3.05) is 19.4 Å². The lowest BCUT2D eigenvalue weighted by Crippen LogP contribution is -2.03. The van der Waals surface area contributed by atoms with Crippen LogP contribution in [0.4, 0.5) is 0 Å². The molecule has 154 valence electrons. The highest BCUT2D eigenvalue weighted by molar-refractivity contribution is 7.53. The van der Waals surface area contributed by atoms with Gasteiger partial charge >= 0.3 is 13.6 Å². The van der Waals surface area contributed by atoms with E-state index in [1.54, 1.807) is 0 Å². The number of rotatable bonds is 10. The Labute approximate surface area is 175 Å². The summed E-state index contributed by atoms with van der Waals surface area (Å²) in [5.41, 5.74) is 1.98. The van der Waals surface area contributed by atoms with E-state index >= 15 is 0 Å². The third-order valence-corrected chi connectivity index (χ3v) is 7.49. The van der Waals surface area contributed by atoms with E-state index in [0.29, 0.717) is 30.7 Å². The zero-order valence-electron chi connectivity index (χ0n) is 16.6. The Hall–Kier alpha value is -1.98. The van der Waals surface area contributed by atoms with Crippen molar-refractivity contribution >= 4 is 35.0 Å². The molecule has 0 saturated carbocycles. The minimum absolute atomic E-state index is 0.253. The number of hydrogen-bond acceptors (Lipinski definition) is 6. The van der Waals surface area contributed by atoms with E-state index < -0.39 is 7.60 Å². The van der Waals surface area contributed by atoms with Crippen molar-refractivity contribution in [3.8, 4) is 0 Å². The van der Waals surface area contributed by atoms with E-state index in [4.69, 9.17) is 13.8 Å². The second kappa shape index (κ2) is 10.2. The monoisotopic (exact) mass is 432 g/mol. The number of benzene rings is 2. The quantitative estimate of drug-likeness (QED) is 0.288. The van der Waals surface area contributed by atoms with Crippen LogP contribution in [0.15, 0.2) is 54.6 Å². The Kier molecular flexibility index (Phi) is 7.62. The molecule has 0 N–H and O–H groups in total. The first-order chi connectivity index (χ1) is 14.0. The molecule has 0 fully saturated rings. The summed E-state index contributed by atoms with van der Waals surface area (Å²) in [7, 11) is -3.07. The number of fused-ring (bicyclic) bond motifs is 1. The number of thiophene rings is 1. The highest BCUT2D eigenvalue weighted by atomic mass is 32.1. The fraction of sp³-hybridized carbons (Fsp3) is 0.318. The van der Waals surface area contributed by atoms with Gasteiger partial charge in [-0.15, -0.1) is 11.3 Å². The van der Waals surface area contributed by atoms with Crippen molar-refractivity contribution in [1.29, 1.82) is 0 Å². The first-order valence-corrected chi connectivity index (χ1v) is 12.2. The van der Waals surface area contributed by atoms with Crippen LogP contribution in [-0.4, -0.2) is 25.3 Å². The molecule has 0 bridgehead atoms. The number of aryl methyl sites for hydroxylation is 1. The molecule has 1 heterocycles. The van der Waals surface area contributed by atoms with Crippen molar-refractivity contribution in [3.63, 3.8) is 0 Å². The molecule has 3 aromatic rings. The molecule has 2 aromatic carbocycles. The third-order valence-electron chi connectivity index (χ3n) is 4.32. The molecule has 5 nitrogen and oxygen atoms in total. The fourth-order valence-corrected chi connectivity index (χ4v) is 5.56. The van der Waals surface area contributed by atoms with Crippen LogP contribution in [0.5, 0.6) is 0 Å². The van der Waals surface area contributed by atoms with Gasteiger partial charge in [0.1, 0.15) is 11.5 Å². The first-order valence-electron chi connectivity index (χ1n) is 9.64. The van der Waals surface area contributed by atoms with Crippen LogP contribution in [0.25, 0.3) is 10.1 Å². The molecule has 0 unspecified atom stereocenters. The van der Waals surface area contributed by atoms with Gasteiger partial charge in [-0.25, -0.2) is 4.79 Å². The number of esters is 1. The van der Waals surface area contributed by atoms with Crippen molar-refractivity contribution in [2.45, 2.75) is 26.9 Å². The number of hydrogen-bond donors (Lipinski definition) is 0. The highest BCUT2D eigenvalue weighted by Crippen LogP contribution is 2.48. The predicted molar refractivity (Wildman–Crippen MR) is 117 cm³/mol. The summed E-state index contributed by atoms with van der Waals surface area (Å²) >= 11 is 1.41. The third kappa shape index (κ3) is 6.00. The van der Waals surface area contributed by atoms with Gasteiger partial charge in [0.15, 0.2) is 0 Å². The second-order valence-corrected chi connectivity index (χ2v) is 9.73. The van der Waals surface area contributed by atoms with Gasteiger partial charge in [-0.3, -0.25) is 4.57 Å². The van der Waals surface area contributed by atoms with E-state index in [-0.39, 0.29) is 12.6 Å². The molecule has 29 heavy (non-hydrogen) atoms. The van der Waals surface area contributed by atoms with Gasteiger partial charge in [0, 0.05) is 4.70 Å². The van der Waals surface area contributed by atoms with Gasteiger partial charge in [-0.2, -0.15) is 0 Å². The molecule has 0 amide bonds. The molecule has 0 radical (unpaired) electrons. The Balaban J connectivity index is 1.66. The van der Waals surface area contributed by atoms with Crippen LogP contribution in [0.2, 0.25) is 0 Å². The molecular weight excluding hydrogens is 407 g/mol. The van der Waals surface area contributed by atoms with E-state index in [9.17, 15) is 9.36 Å². The lowest BCUT2D eigenvalue weighted by atomic mass is 10.1. The van der Waals surface area contributed by atoms with Crippen LogP contribution in [-0.2, 0) is 31.4 Å². The Morgan fingerprint density at radius 1 is 0.966 bits per heavy atom.